The number of halogens is 3. The van der Waals surface area contributed by atoms with Gasteiger partial charge < -0.3 is 0 Å². The molecule has 2 atom stereocenters. The Bertz CT molecular complexity index is 235. The highest BCUT2D eigenvalue weighted by atomic mass is 35.5. The number of hydrogen-bond acceptors (Lipinski definition) is 0. The average Bonchev–Trinajstić information content (AvgIpc) is 1.99. The van der Waals surface area contributed by atoms with E-state index in [0.717, 1.165) is 24.7 Å². The average molecular weight is 240 g/mol. The van der Waals surface area contributed by atoms with E-state index in [0.29, 0.717) is 5.92 Å². The number of alkyl halides is 3. The largest absolute Gasteiger partial charge is 0.140 e. The lowest BCUT2D eigenvalue weighted by Gasteiger charge is -2.60. The van der Waals surface area contributed by atoms with Gasteiger partial charge in [0.15, 0.2) is 0 Å². The Labute approximate surface area is 93.9 Å². The van der Waals surface area contributed by atoms with Gasteiger partial charge in [-0.3, -0.25) is 0 Å². The fourth-order valence-corrected chi connectivity index (χ4v) is 5.09. The van der Waals surface area contributed by atoms with E-state index in [-0.39, 0.29) is 4.87 Å². The summed E-state index contributed by atoms with van der Waals surface area (Å²) in [5.74, 6) is 2.07. The van der Waals surface area contributed by atoms with Crippen LogP contribution in [0.2, 0.25) is 0 Å². The number of rotatable bonds is 0. The van der Waals surface area contributed by atoms with Crippen molar-refractivity contribution in [1.29, 1.82) is 0 Å². The van der Waals surface area contributed by atoms with E-state index in [1.807, 2.05) is 0 Å². The maximum absolute atomic E-state index is 6.56. The molecule has 2 unspecified atom stereocenters. The van der Waals surface area contributed by atoms with Crippen LogP contribution in [0.15, 0.2) is 0 Å². The molecule has 74 valence electrons. The summed E-state index contributed by atoms with van der Waals surface area (Å²) >= 11 is 19.4. The highest BCUT2D eigenvalue weighted by Crippen LogP contribution is 2.66. The molecular formula is C10H13Cl3. The summed E-state index contributed by atoms with van der Waals surface area (Å²) in [6.45, 7) is 0. The highest BCUT2D eigenvalue weighted by molar-refractivity contribution is 6.54. The standard InChI is InChI=1S/C10H13Cl3/c11-9-4-6-1-7(5-9)3-8(2-6)10(9,12)13/h6-8H,1-5H2. The van der Waals surface area contributed by atoms with Crippen LogP contribution in [-0.4, -0.2) is 9.21 Å². The van der Waals surface area contributed by atoms with Crippen LogP contribution in [0.25, 0.3) is 0 Å². The smallest absolute Gasteiger partial charge is 0.116 e. The molecule has 0 aromatic carbocycles. The van der Waals surface area contributed by atoms with Crippen LogP contribution in [0.3, 0.4) is 0 Å². The molecule has 0 saturated heterocycles. The Morgan fingerprint density at radius 1 is 0.846 bits per heavy atom. The van der Waals surface area contributed by atoms with Gasteiger partial charge in [0.1, 0.15) is 4.33 Å². The molecule has 13 heavy (non-hydrogen) atoms. The zero-order valence-corrected chi connectivity index (χ0v) is 9.67. The maximum Gasteiger partial charge on any atom is 0.140 e. The quantitative estimate of drug-likeness (QED) is 0.561. The summed E-state index contributed by atoms with van der Waals surface area (Å²) in [5.41, 5.74) is 0. The molecule has 0 radical (unpaired) electrons. The normalized spacial score (nSPS) is 57.0. The van der Waals surface area contributed by atoms with E-state index >= 15 is 0 Å². The predicted molar refractivity (Wildman–Crippen MR) is 56.6 cm³/mol. The maximum atomic E-state index is 6.56. The fourth-order valence-electron chi connectivity index (χ4n) is 3.83. The Morgan fingerprint density at radius 3 is 1.85 bits per heavy atom. The Hall–Kier alpha value is 0.870. The van der Waals surface area contributed by atoms with E-state index in [1.165, 1.54) is 19.3 Å². The second-order valence-corrected chi connectivity index (χ2v) is 7.24. The van der Waals surface area contributed by atoms with Gasteiger partial charge in [-0.1, -0.05) is 23.2 Å². The van der Waals surface area contributed by atoms with E-state index in [9.17, 15) is 0 Å². The first-order chi connectivity index (χ1) is 6.01. The second-order valence-electron chi connectivity index (χ2n) is 5.13. The summed E-state index contributed by atoms with van der Waals surface area (Å²) in [7, 11) is 0. The van der Waals surface area contributed by atoms with Gasteiger partial charge in [-0.05, 0) is 49.9 Å². The zero-order valence-electron chi connectivity index (χ0n) is 7.40. The minimum Gasteiger partial charge on any atom is -0.116 e. The number of hydrogen-bond donors (Lipinski definition) is 0. The Balaban J connectivity index is 2.03. The van der Waals surface area contributed by atoms with Crippen LogP contribution in [0.5, 0.6) is 0 Å². The summed E-state index contributed by atoms with van der Waals surface area (Å²) in [4.78, 5) is -0.301. The lowest BCUT2D eigenvalue weighted by atomic mass is 9.55. The Kier molecular flexibility index (Phi) is 1.76. The van der Waals surface area contributed by atoms with Gasteiger partial charge in [0.2, 0.25) is 0 Å². The molecule has 3 heteroatoms. The van der Waals surface area contributed by atoms with Gasteiger partial charge in [0.25, 0.3) is 0 Å². The van der Waals surface area contributed by atoms with Crippen LogP contribution < -0.4 is 0 Å². The van der Waals surface area contributed by atoms with Crippen LogP contribution in [0.1, 0.15) is 32.1 Å². The third-order valence-electron chi connectivity index (χ3n) is 4.24. The van der Waals surface area contributed by atoms with Gasteiger partial charge in [0.05, 0.1) is 4.87 Å². The highest BCUT2D eigenvalue weighted by Gasteiger charge is 2.63. The van der Waals surface area contributed by atoms with Crippen molar-refractivity contribution in [3.8, 4) is 0 Å². The molecular weight excluding hydrogens is 226 g/mol. The molecule has 0 aromatic rings. The molecule has 4 saturated carbocycles. The molecule has 0 nitrogen and oxygen atoms in total. The van der Waals surface area contributed by atoms with Crippen molar-refractivity contribution in [3.05, 3.63) is 0 Å². The van der Waals surface area contributed by atoms with E-state index in [4.69, 9.17) is 34.8 Å². The van der Waals surface area contributed by atoms with Crippen LogP contribution in [0, 0.1) is 17.8 Å². The fraction of sp³-hybridized carbons (Fsp3) is 1.00. The third-order valence-corrected chi connectivity index (χ3v) is 6.38. The van der Waals surface area contributed by atoms with Gasteiger partial charge in [0, 0.05) is 0 Å². The van der Waals surface area contributed by atoms with Crippen molar-refractivity contribution < 1.29 is 0 Å². The van der Waals surface area contributed by atoms with Crippen LogP contribution in [0.4, 0.5) is 0 Å². The van der Waals surface area contributed by atoms with Crippen molar-refractivity contribution in [2.45, 2.75) is 41.3 Å². The van der Waals surface area contributed by atoms with Crippen molar-refractivity contribution in [3.63, 3.8) is 0 Å². The molecule has 0 spiro atoms. The molecule has 4 fully saturated rings. The van der Waals surface area contributed by atoms with Crippen molar-refractivity contribution in [2.24, 2.45) is 17.8 Å². The molecule has 4 rings (SSSR count). The van der Waals surface area contributed by atoms with E-state index in [1.54, 1.807) is 0 Å². The summed E-state index contributed by atoms with van der Waals surface area (Å²) in [6.07, 6.45) is 5.86. The summed E-state index contributed by atoms with van der Waals surface area (Å²) in [6, 6.07) is 0. The minimum absolute atomic E-state index is 0.301. The molecule has 0 aromatic heterocycles. The lowest BCUT2D eigenvalue weighted by Crippen LogP contribution is -2.60. The summed E-state index contributed by atoms with van der Waals surface area (Å²) < 4.78 is -0.651. The SMILES string of the molecule is ClC12CC3CC(CC(C3)C1(Cl)Cl)C2. The molecule has 0 heterocycles. The molecule has 0 aliphatic heterocycles. The lowest BCUT2D eigenvalue weighted by molar-refractivity contribution is 0.0253. The van der Waals surface area contributed by atoms with E-state index < -0.39 is 4.33 Å². The van der Waals surface area contributed by atoms with E-state index in [2.05, 4.69) is 0 Å². The molecule has 4 bridgehead atoms. The zero-order chi connectivity index (χ0) is 9.27. The monoisotopic (exact) mass is 238 g/mol. The van der Waals surface area contributed by atoms with Crippen molar-refractivity contribution >= 4 is 34.8 Å². The van der Waals surface area contributed by atoms with Crippen LogP contribution >= 0.6 is 34.8 Å². The third kappa shape index (κ3) is 1.06. The molecule has 0 N–H and O–H groups in total. The first kappa shape index (κ1) is 9.12. The molecule has 4 aliphatic rings. The van der Waals surface area contributed by atoms with Gasteiger partial charge >= 0.3 is 0 Å². The first-order valence-corrected chi connectivity index (χ1v) is 6.21. The minimum atomic E-state index is -0.651. The van der Waals surface area contributed by atoms with Crippen molar-refractivity contribution in [1.82, 2.24) is 0 Å². The van der Waals surface area contributed by atoms with Crippen LogP contribution in [-0.2, 0) is 0 Å². The summed E-state index contributed by atoms with van der Waals surface area (Å²) in [5, 5.41) is 0. The predicted octanol–water partition coefficient (Wildman–Crippen LogP) is 3.98. The topological polar surface area (TPSA) is 0 Å². The second kappa shape index (κ2) is 2.51. The Morgan fingerprint density at radius 2 is 1.38 bits per heavy atom. The van der Waals surface area contributed by atoms with Gasteiger partial charge in [-0.15, -0.1) is 11.6 Å². The van der Waals surface area contributed by atoms with Crippen molar-refractivity contribution in [2.75, 3.05) is 0 Å². The molecule has 4 aliphatic carbocycles. The van der Waals surface area contributed by atoms with Gasteiger partial charge in [-0.2, -0.15) is 0 Å². The first-order valence-electron chi connectivity index (χ1n) is 5.08. The molecule has 0 amide bonds. The van der Waals surface area contributed by atoms with Gasteiger partial charge in [-0.25, -0.2) is 0 Å².